The van der Waals surface area contributed by atoms with Gasteiger partial charge in [-0.3, -0.25) is 9.59 Å². The highest BCUT2D eigenvalue weighted by Crippen LogP contribution is 2.30. The van der Waals surface area contributed by atoms with E-state index in [-0.39, 0.29) is 19.0 Å². The molecule has 0 amide bonds. The van der Waals surface area contributed by atoms with Crippen LogP contribution < -0.4 is 0 Å². The average Bonchev–Trinajstić information content (AvgIpc) is 2.48. The molecule has 0 saturated carbocycles. The number of aliphatic hydroxyl groups is 2. The molecule has 122 valence electrons. The molecule has 0 heterocycles. The molecule has 2 N–H and O–H groups in total. The van der Waals surface area contributed by atoms with Gasteiger partial charge < -0.3 is 14.9 Å². The number of rotatable bonds is 3. The van der Waals surface area contributed by atoms with E-state index in [2.05, 4.69) is 6.58 Å². The van der Waals surface area contributed by atoms with Crippen molar-refractivity contribution in [3.63, 3.8) is 0 Å². The first kappa shape index (κ1) is 18.3. The lowest BCUT2D eigenvalue weighted by Gasteiger charge is -2.28. The molecule has 0 radical (unpaired) electrons. The number of esters is 1. The van der Waals surface area contributed by atoms with Gasteiger partial charge in [-0.15, -0.1) is 0 Å². The van der Waals surface area contributed by atoms with Crippen LogP contribution in [0.4, 0.5) is 0 Å². The van der Waals surface area contributed by atoms with Gasteiger partial charge in [0.1, 0.15) is 6.61 Å². The van der Waals surface area contributed by atoms with E-state index >= 15 is 0 Å². The van der Waals surface area contributed by atoms with Gasteiger partial charge in [-0.05, 0) is 30.9 Å². The fourth-order valence-corrected chi connectivity index (χ4v) is 2.25. The largest absolute Gasteiger partial charge is 0.465 e. The predicted molar refractivity (Wildman–Crippen MR) is 83.1 cm³/mol. The van der Waals surface area contributed by atoms with Crippen molar-refractivity contribution in [2.75, 3.05) is 13.2 Å². The van der Waals surface area contributed by atoms with Crippen molar-refractivity contribution in [2.45, 2.75) is 39.2 Å². The topological polar surface area (TPSA) is 83.8 Å². The summed E-state index contributed by atoms with van der Waals surface area (Å²) in [6.07, 6.45) is 5.28. The highest BCUT2D eigenvalue weighted by molar-refractivity contribution is 6.04. The van der Waals surface area contributed by atoms with Gasteiger partial charge in [0.2, 0.25) is 0 Å². The van der Waals surface area contributed by atoms with E-state index in [4.69, 9.17) is 4.74 Å². The number of ketones is 1. The summed E-state index contributed by atoms with van der Waals surface area (Å²) < 4.78 is 5.05. The summed E-state index contributed by atoms with van der Waals surface area (Å²) in [4.78, 5) is 23.1. The summed E-state index contributed by atoms with van der Waals surface area (Å²) in [6.45, 7) is 6.71. The van der Waals surface area contributed by atoms with Crippen molar-refractivity contribution in [3.05, 3.63) is 36.0 Å². The van der Waals surface area contributed by atoms with Crippen LogP contribution in [0.3, 0.4) is 0 Å². The van der Waals surface area contributed by atoms with E-state index in [1.165, 1.54) is 13.0 Å². The minimum Gasteiger partial charge on any atom is -0.465 e. The normalized spacial score (nSPS) is 27.1. The Balaban J connectivity index is 3.07. The van der Waals surface area contributed by atoms with Gasteiger partial charge in [0.25, 0.3) is 0 Å². The van der Waals surface area contributed by atoms with Gasteiger partial charge in [0, 0.05) is 17.9 Å². The maximum atomic E-state index is 12.1. The van der Waals surface area contributed by atoms with E-state index in [1.54, 1.807) is 19.1 Å². The molecule has 1 rings (SSSR count). The Bertz CT molecular complexity index is 503. The van der Waals surface area contributed by atoms with Crippen molar-refractivity contribution in [3.8, 4) is 0 Å². The van der Waals surface area contributed by atoms with E-state index in [1.807, 2.05) is 0 Å². The predicted octanol–water partition coefficient (Wildman–Crippen LogP) is 1.70. The number of ether oxygens (including phenoxy) is 1. The van der Waals surface area contributed by atoms with E-state index in [9.17, 15) is 19.8 Å². The lowest BCUT2D eigenvalue weighted by atomic mass is 9.82. The second-order valence-corrected chi connectivity index (χ2v) is 5.94. The van der Waals surface area contributed by atoms with Crippen molar-refractivity contribution in [2.24, 2.45) is 5.41 Å². The van der Waals surface area contributed by atoms with Gasteiger partial charge in [-0.1, -0.05) is 25.7 Å². The minimum atomic E-state index is -0.746. The number of hydrogen-bond acceptors (Lipinski definition) is 5. The molecule has 0 aromatic carbocycles. The molecule has 2 atom stereocenters. The first-order valence-corrected chi connectivity index (χ1v) is 7.30. The lowest BCUT2D eigenvalue weighted by Crippen LogP contribution is -2.28. The third-order valence-corrected chi connectivity index (χ3v) is 3.72. The Hall–Kier alpha value is -1.72. The Morgan fingerprint density at radius 2 is 2.23 bits per heavy atom. The fraction of sp³-hybridized carbons (Fsp3) is 0.529. The molecule has 5 nitrogen and oxygen atoms in total. The van der Waals surface area contributed by atoms with Crippen LogP contribution in [0.5, 0.6) is 0 Å². The summed E-state index contributed by atoms with van der Waals surface area (Å²) in [5, 5.41) is 19.5. The zero-order valence-electron chi connectivity index (χ0n) is 13.2. The Labute approximate surface area is 131 Å². The molecule has 2 unspecified atom stereocenters. The van der Waals surface area contributed by atoms with Crippen LogP contribution in [0.25, 0.3) is 0 Å². The van der Waals surface area contributed by atoms with Gasteiger partial charge >= 0.3 is 5.97 Å². The van der Waals surface area contributed by atoms with Crippen LogP contribution in [-0.2, 0) is 14.3 Å². The van der Waals surface area contributed by atoms with Crippen LogP contribution in [0.2, 0.25) is 0 Å². The van der Waals surface area contributed by atoms with Crippen LogP contribution >= 0.6 is 0 Å². The molecule has 1 aliphatic carbocycles. The first-order valence-electron chi connectivity index (χ1n) is 7.30. The second-order valence-electron chi connectivity index (χ2n) is 5.94. The van der Waals surface area contributed by atoms with Crippen LogP contribution in [0, 0.1) is 5.41 Å². The number of carbonyl (C=O) groups is 2. The highest BCUT2D eigenvalue weighted by atomic mass is 16.5. The summed E-state index contributed by atoms with van der Waals surface area (Å²) in [7, 11) is 0. The highest BCUT2D eigenvalue weighted by Gasteiger charge is 2.28. The number of hydrogen-bond donors (Lipinski definition) is 2. The molecular formula is C17H24O5. The standard InChI is InChI=1S/C17H24O5/c1-12-5-4-6-14(10-18)15(20)7-8-17(3,9-16(12)21)11-22-13(2)19/h6-8,16,18,21H,1,4-5,9-11H2,2-3H3. The molecule has 1 aliphatic rings. The molecule has 0 aromatic rings. The Morgan fingerprint density at radius 3 is 2.82 bits per heavy atom. The van der Waals surface area contributed by atoms with Gasteiger partial charge in [-0.25, -0.2) is 0 Å². The fourth-order valence-electron chi connectivity index (χ4n) is 2.25. The van der Waals surface area contributed by atoms with Gasteiger partial charge in [0.05, 0.1) is 12.7 Å². The van der Waals surface area contributed by atoms with E-state index in [0.29, 0.717) is 30.4 Å². The van der Waals surface area contributed by atoms with Crippen molar-refractivity contribution in [1.29, 1.82) is 0 Å². The molecule has 0 bridgehead atoms. The van der Waals surface area contributed by atoms with Crippen LogP contribution in [0.15, 0.2) is 36.0 Å². The summed E-state index contributed by atoms with van der Waals surface area (Å²) in [5.74, 6) is -0.696. The summed E-state index contributed by atoms with van der Waals surface area (Å²) in [5.41, 5.74) is 0.287. The maximum Gasteiger partial charge on any atom is 0.302 e. The molecular weight excluding hydrogens is 284 g/mol. The molecule has 5 heteroatoms. The third-order valence-electron chi connectivity index (χ3n) is 3.72. The Kier molecular flexibility index (Phi) is 6.71. The quantitative estimate of drug-likeness (QED) is 0.612. The molecule has 0 aromatic heterocycles. The zero-order valence-corrected chi connectivity index (χ0v) is 13.2. The molecule has 0 saturated heterocycles. The van der Waals surface area contributed by atoms with E-state index < -0.39 is 17.5 Å². The average molecular weight is 308 g/mol. The molecule has 0 spiro atoms. The first-order chi connectivity index (χ1) is 10.3. The summed E-state index contributed by atoms with van der Waals surface area (Å²) in [6, 6.07) is 0. The Morgan fingerprint density at radius 1 is 1.55 bits per heavy atom. The molecule has 0 fully saturated rings. The van der Waals surface area contributed by atoms with Crippen molar-refractivity contribution in [1.82, 2.24) is 0 Å². The minimum absolute atomic E-state index is 0.0641. The van der Waals surface area contributed by atoms with Crippen LogP contribution in [0.1, 0.15) is 33.1 Å². The van der Waals surface area contributed by atoms with Crippen molar-refractivity contribution < 1.29 is 24.5 Å². The third kappa shape index (κ3) is 5.58. The lowest BCUT2D eigenvalue weighted by molar-refractivity contribution is -0.143. The zero-order chi connectivity index (χ0) is 16.8. The summed E-state index contributed by atoms with van der Waals surface area (Å²) >= 11 is 0. The van der Waals surface area contributed by atoms with Gasteiger partial charge in [0.15, 0.2) is 5.78 Å². The smallest absolute Gasteiger partial charge is 0.302 e. The number of aliphatic hydroxyl groups excluding tert-OH is 2. The second kappa shape index (κ2) is 8.06. The van der Waals surface area contributed by atoms with E-state index in [0.717, 1.165) is 0 Å². The monoisotopic (exact) mass is 308 g/mol. The number of allylic oxidation sites excluding steroid dienone is 2. The molecule has 22 heavy (non-hydrogen) atoms. The SMILES string of the molecule is C=C1CCC=C(CO)C(=O)C=CC(C)(COC(C)=O)CC1O. The van der Waals surface area contributed by atoms with Crippen molar-refractivity contribution >= 4 is 11.8 Å². The molecule has 0 aliphatic heterocycles. The maximum absolute atomic E-state index is 12.1. The number of carbonyl (C=O) groups excluding carboxylic acids is 2. The van der Waals surface area contributed by atoms with Crippen LogP contribution in [-0.4, -0.2) is 41.3 Å². The van der Waals surface area contributed by atoms with Gasteiger partial charge in [-0.2, -0.15) is 0 Å².